The Balaban J connectivity index is 3.85. The van der Waals surface area contributed by atoms with Gasteiger partial charge in [0.05, 0.1) is 0 Å². The largest absolute Gasteiger partial charge is 0.396 e. The Morgan fingerprint density at radius 2 is 2.11 bits per heavy atom. The highest BCUT2D eigenvalue weighted by Gasteiger charge is 2.23. The van der Waals surface area contributed by atoms with Crippen molar-refractivity contribution >= 4 is 5.91 Å². The molecule has 0 bridgehead atoms. The molecule has 0 unspecified atom stereocenters. The molecule has 0 aromatic rings. The molecule has 0 aromatic carbocycles. The molecule has 54 valence electrons. The molecule has 3 N–H and O–H groups in total. The van der Waals surface area contributed by atoms with Crippen molar-refractivity contribution in [3.63, 3.8) is 0 Å². The first-order valence-electron chi connectivity index (χ1n) is 2.91. The molecule has 1 amide bonds. The Hall–Kier alpha value is -0.570. The van der Waals surface area contributed by atoms with E-state index >= 15 is 0 Å². The van der Waals surface area contributed by atoms with Crippen LogP contribution in [0.15, 0.2) is 0 Å². The van der Waals surface area contributed by atoms with Gasteiger partial charge >= 0.3 is 0 Å². The molecule has 0 saturated carbocycles. The highest BCUT2D eigenvalue weighted by molar-refractivity contribution is 5.79. The maximum Gasteiger partial charge on any atom is 0.223 e. The zero-order chi connectivity index (χ0) is 7.49. The zero-order valence-corrected chi connectivity index (χ0v) is 5.85. The molecule has 0 aromatic heterocycles. The molecule has 0 spiro atoms. The van der Waals surface area contributed by atoms with Crippen LogP contribution in [0.5, 0.6) is 0 Å². The number of aliphatic hydroxyl groups excluding tert-OH is 1. The number of rotatable bonds is 3. The minimum Gasteiger partial charge on any atom is -0.396 e. The standard InChI is InChI=1S/C6H13NO2/c1-6(2,3-4-8)5(7)9/h8H,3-4H2,1-2H3,(H2,7,9). The summed E-state index contributed by atoms with van der Waals surface area (Å²) in [6, 6.07) is 0. The SMILES string of the molecule is CC(C)(CCO)C(N)=O. The summed E-state index contributed by atoms with van der Waals surface area (Å²) in [5.41, 5.74) is 4.45. The third-order valence-corrected chi connectivity index (χ3v) is 1.40. The average Bonchev–Trinajstić information content (AvgIpc) is 1.65. The van der Waals surface area contributed by atoms with Crippen molar-refractivity contribution in [1.29, 1.82) is 0 Å². The van der Waals surface area contributed by atoms with Gasteiger partial charge in [-0.3, -0.25) is 4.79 Å². The van der Waals surface area contributed by atoms with Crippen molar-refractivity contribution in [2.75, 3.05) is 6.61 Å². The molecule has 0 fully saturated rings. The molecular formula is C6H13NO2. The molecule has 3 nitrogen and oxygen atoms in total. The van der Waals surface area contributed by atoms with Gasteiger partial charge in [0.2, 0.25) is 5.91 Å². The number of hydrogen-bond acceptors (Lipinski definition) is 2. The van der Waals surface area contributed by atoms with Crippen LogP contribution in [-0.4, -0.2) is 17.6 Å². The molecule has 3 heteroatoms. The molecule has 0 aliphatic heterocycles. The van der Waals surface area contributed by atoms with Gasteiger partial charge in [-0.15, -0.1) is 0 Å². The van der Waals surface area contributed by atoms with E-state index in [0.717, 1.165) is 0 Å². The first kappa shape index (κ1) is 8.43. The van der Waals surface area contributed by atoms with E-state index < -0.39 is 5.41 Å². The van der Waals surface area contributed by atoms with Crippen LogP contribution in [0.25, 0.3) is 0 Å². The number of carbonyl (C=O) groups is 1. The monoisotopic (exact) mass is 131 g/mol. The molecule has 0 radical (unpaired) electrons. The van der Waals surface area contributed by atoms with Gasteiger partial charge in [-0.05, 0) is 6.42 Å². The Labute approximate surface area is 54.9 Å². The fourth-order valence-corrected chi connectivity index (χ4v) is 0.403. The number of nitrogens with two attached hydrogens (primary N) is 1. The van der Waals surface area contributed by atoms with Crippen molar-refractivity contribution < 1.29 is 9.90 Å². The molecule has 0 rings (SSSR count). The lowest BCUT2D eigenvalue weighted by Crippen LogP contribution is -2.32. The van der Waals surface area contributed by atoms with Crippen LogP contribution in [0.2, 0.25) is 0 Å². The minimum atomic E-state index is -0.561. The Morgan fingerprint density at radius 3 is 2.22 bits per heavy atom. The van der Waals surface area contributed by atoms with E-state index in [4.69, 9.17) is 10.8 Å². The van der Waals surface area contributed by atoms with E-state index in [1.54, 1.807) is 13.8 Å². The Bertz CT molecular complexity index is 110. The third-order valence-electron chi connectivity index (χ3n) is 1.40. The fourth-order valence-electron chi connectivity index (χ4n) is 0.403. The number of primary amides is 1. The van der Waals surface area contributed by atoms with Crippen LogP contribution in [0, 0.1) is 5.41 Å². The molecule has 0 heterocycles. The van der Waals surface area contributed by atoms with E-state index in [1.165, 1.54) is 0 Å². The van der Waals surface area contributed by atoms with Crippen molar-refractivity contribution in [2.45, 2.75) is 20.3 Å². The van der Waals surface area contributed by atoms with Gasteiger partial charge in [0.1, 0.15) is 0 Å². The number of aliphatic hydroxyl groups is 1. The van der Waals surface area contributed by atoms with Crippen molar-refractivity contribution in [3.05, 3.63) is 0 Å². The highest BCUT2D eigenvalue weighted by atomic mass is 16.3. The summed E-state index contributed by atoms with van der Waals surface area (Å²) in [7, 11) is 0. The Kier molecular flexibility index (Phi) is 2.65. The van der Waals surface area contributed by atoms with Crippen LogP contribution < -0.4 is 5.73 Å². The van der Waals surface area contributed by atoms with E-state index in [9.17, 15) is 4.79 Å². The van der Waals surface area contributed by atoms with Gasteiger partial charge in [-0.2, -0.15) is 0 Å². The quantitative estimate of drug-likeness (QED) is 0.561. The van der Waals surface area contributed by atoms with Crippen LogP contribution >= 0.6 is 0 Å². The lowest BCUT2D eigenvalue weighted by Gasteiger charge is -2.17. The van der Waals surface area contributed by atoms with Crippen molar-refractivity contribution in [2.24, 2.45) is 11.1 Å². The summed E-state index contributed by atoms with van der Waals surface area (Å²) < 4.78 is 0. The predicted octanol–water partition coefficient (Wildman–Crippen LogP) is -0.120. The van der Waals surface area contributed by atoms with Crippen LogP contribution in [-0.2, 0) is 4.79 Å². The molecule has 0 aliphatic carbocycles. The van der Waals surface area contributed by atoms with Crippen molar-refractivity contribution in [3.8, 4) is 0 Å². The lowest BCUT2D eigenvalue weighted by atomic mass is 9.89. The van der Waals surface area contributed by atoms with Crippen LogP contribution in [0.4, 0.5) is 0 Å². The summed E-state index contributed by atoms with van der Waals surface area (Å²) in [5.74, 6) is -0.364. The van der Waals surface area contributed by atoms with Gasteiger partial charge in [-0.25, -0.2) is 0 Å². The second kappa shape index (κ2) is 2.82. The topological polar surface area (TPSA) is 63.3 Å². The number of hydrogen-bond donors (Lipinski definition) is 2. The van der Waals surface area contributed by atoms with Gasteiger partial charge in [0, 0.05) is 12.0 Å². The predicted molar refractivity (Wildman–Crippen MR) is 34.7 cm³/mol. The van der Waals surface area contributed by atoms with Gasteiger partial charge in [0.15, 0.2) is 0 Å². The van der Waals surface area contributed by atoms with Gasteiger partial charge < -0.3 is 10.8 Å². The number of carbonyl (C=O) groups excluding carboxylic acids is 1. The van der Waals surface area contributed by atoms with E-state index in [0.29, 0.717) is 6.42 Å². The van der Waals surface area contributed by atoms with E-state index in [-0.39, 0.29) is 12.5 Å². The van der Waals surface area contributed by atoms with Crippen molar-refractivity contribution in [1.82, 2.24) is 0 Å². The normalized spacial score (nSPS) is 11.4. The molecular weight excluding hydrogens is 118 g/mol. The summed E-state index contributed by atoms with van der Waals surface area (Å²) in [4.78, 5) is 10.5. The molecule has 0 atom stereocenters. The molecule has 9 heavy (non-hydrogen) atoms. The number of amides is 1. The zero-order valence-electron chi connectivity index (χ0n) is 5.85. The fraction of sp³-hybridized carbons (Fsp3) is 0.833. The van der Waals surface area contributed by atoms with Gasteiger partial charge in [-0.1, -0.05) is 13.8 Å². The second-order valence-electron chi connectivity index (χ2n) is 2.72. The van der Waals surface area contributed by atoms with Crippen LogP contribution in [0.1, 0.15) is 20.3 Å². The molecule has 0 aliphatic rings. The minimum absolute atomic E-state index is 0.00986. The first-order chi connectivity index (χ1) is 4.00. The van der Waals surface area contributed by atoms with Gasteiger partial charge in [0.25, 0.3) is 0 Å². The lowest BCUT2D eigenvalue weighted by molar-refractivity contribution is -0.126. The average molecular weight is 131 g/mol. The second-order valence-corrected chi connectivity index (χ2v) is 2.72. The maximum atomic E-state index is 10.5. The Morgan fingerprint density at radius 1 is 1.67 bits per heavy atom. The van der Waals surface area contributed by atoms with E-state index in [1.807, 2.05) is 0 Å². The maximum absolute atomic E-state index is 10.5. The summed E-state index contributed by atoms with van der Waals surface area (Å²) in [6.07, 6.45) is 0.433. The van der Waals surface area contributed by atoms with E-state index in [2.05, 4.69) is 0 Å². The highest BCUT2D eigenvalue weighted by Crippen LogP contribution is 2.17. The molecule has 0 saturated heterocycles. The van der Waals surface area contributed by atoms with Crippen LogP contribution in [0.3, 0.4) is 0 Å². The summed E-state index contributed by atoms with van der Waals surface area (Å²) >= 11 is 0. The first-order valence-corrected chi connectivity index (χ1v) is 2.91. The smallest absolute Gasteiger partial charge is 0.223 e. The third kappa shape index (κ3) is 2.46. The summed E-state index contributed by atoms with van der Waals surface area (Å²) in [6.45, 7) is 3.44. The summed E-state index contributed by atoms with van der Waals surface area (Å²) in [5, 5.41) is 8.44.